The van der Waals surface area contributed by atoms with Gasteiger partial charge in [0.1, 0.15) is 5.94 Å². The molecule has 0 aromatic heterocycles. The number of carbonyl (C=O) groups is 1. The average molecular weight is 1030 g/mol. The summed E-state index contributed by atoms with van der Waals surface area (Å²) in [6.45, 7) is 21.7. The molecule has 1 amide bonds. The third-order valence-corrected chi connectivity index (χ3v) is 20.9. The van der Waals surface area contributed by atoms with Crippen LogP contribution in [0.5, 0.6) is 0 Å². The van der Waals surface area contributed by atoms with Crippen LogP contribution in [0.2, 0.25) is 12.1 Å². The van der Waals surface area contributed by atoms with Crippen LogP contribution in [-0.2, 0) is 36.1 Å². The Bertz CT molecular complexity index is 1210. The molecule has 0 radical (unpaired) electrons. The van der Waals surface area contributed by atoms with E-state index in [0.717, 1.165) is 68.2 Å². The van der Waals surface area contributed by atoms with Gasteiger partial charge in [-0.2, -0.15) is 0 Å². The molecule has 0 saturated heterocycles. The predicted octanol–water partition coefficient (Wildman–Crippen LogP) is 15.7. The highest BCUT2D eigenvalue weighted by Gasteiger charge is 2.41. The standard InChI is InChI=1S/C57H114N2O9Si2/c1-9-17-31-39-52-44-45-53(40-33-27-23-22-26-30-36-48-62-57(61)59-47-38-50-70(66-14-6,67-15-7)68-16-8)56(55(52)42-32-18-10-2)43-35-29-25-21-19-20-24-28-34-41-54(51-60)58-46-37-49-69(63-11-3,64-12-4)65-13-5/h52-53,55-56,58H,9-50H2,1-8H3,(H,59,61). The first-order chi connectivity index (χ1) is 34.3. The quantitative estimate of drug-likeness (QED) is 0.0346. The molecule has 4 atom stereocenters. The average Bonchev–Trinajstić information content (AvgIpc) is 3.34. The summed E-state index contributed by atoms with van der Waals surface area (Å²) in [5.74, 6) is 5.91. The summed E-state index contributed by atoms with van der Waals surface area (Å²) >= 11 is 0. The first-order valence-corrected chi connectivity index (χ1v) is 33.8. The van der Waals surface area contributed by atoms with Crippen LogP contribution < -0.4 is 10.6 Å². The Morgan fingerprint density at radius 3 is 1.21 bits per heavy atom. The largest absolute Gasteiger partial charge is 0.500 e. The van der Waals surface area contributed by atoms with Crippen molar-refractivity contribution in [3.05, 3.63) is 5.70 Å². The van der Waals surface area contributed by atoms with Gasteiger partial charge in [0.25, 0.3) is 0 Å². The van der Waals surface area contributed by atoms with Gasteiger partial charge in [-0.15, -0.1) is 0 Å². The zero-order valence-corrected chi connectivity index (χ0v) is 49.2. The predicted molar refractivity (Wildman–Crippen MR) is 296 cm³/mol. The van der Waals surface area contributed by atoms with Crippen molar-refractivity contribution in [1.82, 2.24) is 10.6 Å². The number of alkyl carbamates (subject to hydrolysis) is 1. The summed E-state index contributed by atoms with van der Waals surface area (Å²) < 4.78 is 41.1. The topological polar surface area (TPSA) is 123 Å². The maximum atomic E-state index is 12.3. The number of ether oxygens (including phenoxy) is 1. The van der Waals surface area contributed by atoms with Crippen LogP contribution in [-0.4, -0.2) is 89.0 Å². The van der Waals surface area contributed by atoms with E-state index in [4.69, 9.17) is 31.3 Å². The molecule has 70 heavy (non-hydrogen) atoms. The van der Waals surface area contributed by atoms with Gasteiger partial charge in [0.05, 0.1) is 12.3 Å². The van der Waals surface area contributed by atoms with Crippen LogP contribution in [0.4, 0.5) is 4.79 Å². The molecule has 1 rings (SSSR count). The summed E-state index contributed by atoms with van der Waals surface area (Å²) in [4.78, 5) is 23.9. The minimum atomic E-state index is -2.68. The van der Waals surface area contributed by atoms with Crippen molar-refractivity contribution in [3.63, 3.8) is 0 Å². The Balaban J connectivity index is 2.42. The fourth-order valence-corrected chi connectivity index (χ4v) is 16.4. The lowest BCUT2D eigenvalue weighted by molar-refractivity contribution is 0.0582. The summed E-state index contributed by atoms with van der Waals surface area (Å²) in [6.07, 6.45) is 39.3. The van der Waals surface area contributed by atoms with Crippen LogP contribution in [0, 0.1) is 23.7 Å². The highest BCUT2D eigenvalue weighted by molar-refractivity contribution is 6.61. The molecule has 0 aromatic rings. The van der Waals surface area contributed by atoms with E-state index in [2.05, 4.69) is 30.4 Å². The van der Waals surface area contributed by atoms with E-state index in [1.165, 1.54) is 161 Å². The second-order valence-corrected chi connectivity index (χ2v) is 25.6. The molecule has 414 valence electrons. The Morgan fingerprint density at radius 2 is 0.800 bits per heavy atom. The molecule has 0 bridgehead atoms. The Morgan fingerprint density at radius 1 is 0.443 bits per heavy atom. The molecule has 13 heteroatoms. The monoisotopic (exact) mass is 1030 g/mol. The lowest BCUT2D eigenvalue weighted by atomic mass is 9.61. The summed E-state index contributed by atoms with van der Waals surface area (Å²) in [6, 6.07) is 1.43. The van der Waals surface area contributed by atoms with Crippen LogP contribution in [0.25, 0.3) is 0 Å². The van der Waals surface area contributed by atoms with E-state index in [1.54, 1.807) is 0 Å². The normalized spacial score (nSPS) is 17.4. The molecular formula is C57H114N2O9Si2. The van der Waals surface area contributed by atoms with Gasteiger partial charge in [0.15, 0.2) is 0 Å². The van der Waals surface area contributed by atoms with E-state index in [1.807, 2.05) is 41.5 Å². The van der Waals surface area contributed by atoms with Gasteiger partial charge in [0, 0.05) is 64.8 Å². The van der Waals surface area contributed by atoms with Crippen molar-refractivity contribution in [2.75, 3.05) is 59.3 Å². The highest BCUT2D eigenvalue weighted by Crippen LogP contribution is 2.48. The Hall–Kier alpha value is -1.29. The molecule has 1 aliphatic rings. The Labute approximate surface area is 434 Å². The van der Waals surface area contributed by atoms with Gasteiger partial charge in [-0.3, -0.25) is 0 Å². The van der Waals surface area contributed by atoms with Crippen LogP contribution >= 0.6 is 0 Å². The van der Waals surface area contributed by atoms with Crippen molar-refractivity contribution >= 4 is 29.6 Å². The molecule has 0 aromatic carbocycles. The molecule has 0 aliphatic heterocycles. The molecule has 1 saturated carbocycles. The Kier molecular flexibility index (Phi) is 44.1. The van der Waals surface area contributed by atoms with Crippen molar-refractivity contribution < 1.29 is 40.9 Å². The summed E-state index contributed by atoms with van der Waals surface area (Å²) in [5.41, 5.74) is 0.696. The van der Waals surface area contributed by atoms with E-state index < -0.39 is 17.6 Å². The first-order valence-electron chi connectivity index (χ1n) is 30.0. The minimum absolute atomic E-state index is 0.333. The highest BCUT2D eigenvalue weighted by atomic mass is 28.4. The second kappa shape index (κ2) is 46.3. The fraction of sp³-hybridized carbons (Fsp3) is 0.947. The number of unbranched alkanes of at least 4 members (excludes halogenated alkanes) is 18. The summed E-state index contributed by atoms with van der Waals surface area (Å²) in [7, 11) is -5.32. The van der Waals surface area contributed by atoms with Gasteiger partial charge in [-0.05, 0) is 123 Å². The maximum absolute atomic E-state index is 12.3. The molecule has 0 spiro atoms. The zero-order chi connectivity index (χ0) is 51.2. The van der Waals surface area contributed by atoms with E-state index in [9.17, 15) is 9.59 Å². The number of carbonyl (C=O) groups excluding carboxylic acids is 2. The van der Waals surface area contributed by atoms with E-state index in [0.29, 0.717) is 71.1 Å². The van der Waals surface area contributed by atoms with Gasteiger partial charge >= 0.3 is 23.7 Å². The smallest absolute Gasteiger partial charge is 0.450 e. The third-order valence-electron chi connectivity index (χ3n) is 14.6. The fourth-order valence-electron chi connectivity index (χ4n) is 11.2. The molecule has 0 heterocycles. The number of nitrogens with one attached hydrogen (secondary N) is 2. The number of rotatable bonds is 51. The SMILES string of the molecule is CCCCCC1CCC(CCCCCCCCCOC(=O)NCCC[Si](OCC)(OCC)OCC)C(CCCCCCCCCCCC(=C=O)NCCC[Si](OCC)(OCC)OCC)C1CCCCC. The molecule has 4 unspecified atom stereocenters. The van der Waals surface area contributed by atoms with Crippen molar-refractivity contribution in [2.45, 2.75) is 267 Å². The second-order valence-electron chi connectivity index (χ2n) is 20.1. The van der Waals surface area contributed by atoms with Crippen LogP contribution in [0.1, 0.15) is 254 Å². The van der Waals surface area contributed by atoms with Crippen molar-refractivity contribution in [1.29, 1.82) is 0 Å². The molecular weight excluding hydrogens is 913 g/mol. The molecule has 11 nitrogen and oxygen atoms in total. The number of allylic oxidation sites excluding steroid dienone is 1. The van der Waals surface area contributed by atoms with Crippen LogP contribution in [0.15, 0.2) is 5.70 Å². The lowest BCUT2D eigenvalue weighted by Gasteiger charge is -2.44. The third kappa shape index (κ3) is 32.1. The van der Waals surface area contributed by atoms with Gasteiger partial charge < -0.3 is 41.9 Å². The van der Waals surface area contributed by atoms with Crippen LogP contribution in [0.3, 0.4) is 0 Å². The first kappa shape index (κ1) is 66.7. The van der Waals surface area contributed by atoms with Crippen molar-refractivity contribution in [2.24, 2.45) is 23.7 Å². The minimum Gasteiger partial charge on any atom is -0.450 e. The number of amides is 1. The van der Waals surface area contributed by atoms with Gasteiger partial charge in [-0.1, -0.05) is 155 Å². The maximum Gasteiger partial charge on any atom is 0.500 e. The van der Waals surface area contributed by atoms with Gasteiger partial charge in [-0.25, -0.2) is 9.59 Å². The molecule has 2 N–H and O–H groups in total. The van der Waals surface area contributed by atoms with Crippen molar-refractivity contribution in [3.8, 4) is 0 Å². The number of hydrogen-bond donors (Lipinski definition) is 2. The lowest BCUT2D eigenvalue weighted by Crippen LogP contribution is -2.46. The molecule has 1 fully saturated rings. The zero-order valence-electron chi connectivity index (χ0n) is 47.2. The van der Waals surface area contributed by atoms with Gasteiger partial charge in [0.2, 0.25) is 0 Å². The number of hydrogen-bond acceptors (Lipinski definition) is 10. The van der Waals surface area contributed by atoms with E-state index >= 15 is 0 Å². The molecule has 1 aliphatic carbocycles. The summed E-state index contributed by atoms with van der Waals surface area (Å²) in [5, 5.41) is 6.21. The van der Waals surface area contributed by atoms with E-state index in [-0.39, 0.29) is 6.09 Å².